The van der Waals surface area contributed by atoms with Crippen molar-refractivity contribution in [1.29, 1.82) is 0 Å². The standard InChI is InChI=1S/C26H26N2O6S/c1-17(29)15-27-35(31,32)21-8-5-18(6-9-21)22-4-2-3-20(28-22)14-25(30)26(11-12-26)19-7-10-23-24(13-19)34-16-33-23/h2-10,13,17,27,29H,11-12,14-16H2,1H3/t17-/m1/s1. The molecule has 1 aromatic heterocycles. The summed E-state index contributed by atoms with van der Waals surface area (Å²) >= 11 is 0. The van der Waals surface area contributed by atoms with E-state index in [9.17, 15) is 18.3 Å². The Hall–Kier alpha value is -3.27. The molecule has 0 unspecified atom stereocenters. The van der Waals surface area contributed by atoms with Crippen molar-refractivity contribution < 1.29 is 27.8 Å². The van der Waals surface area contributed by atoms with Crippen molar-refractivity contribution in [2.75, 3.05) is 13.3 Å². The minimum Gasteiger partial charge on any atom is -0.454 e. The Morgan fingerprint density at radius 2 is 1.83 bits per heavy atom. The lowest BCUT2D eigenvalue weighted by Gasteiger charge is -2.15. The fraction of sp³-hybridized carbons (Fsp3) is 0.308. The van der Waals surface area contributed by atoms with Crippen molar-refractivity contribution in [2.24, 2.45) is 0 Å². The van der Waals surface area contributed by atoms with Crippen molar-refractivity contribution in [3.8, 4) is 22.8 Å². The van der Waals surface area contributed by atoms with Crippen LogP contribution < -0.4 is 14.2 Å². The number of benzene rings is 2. The van der Waals surface area contributed by atoms with Gasteiger partial charge in [-0.2, -0.15) is 0 Å². The van der Waals surface area contributed by atoms with E-state index in [0.29, 0.717) is 22.9 Å². The molecule has 2 N–H and O–H groups in total. The fourth-order valence-electron chi connectivity index (χ4n) is 4.24. The van der Waals surface area contributed by atoms with Gasteiger partial charge in [-0.25, -0.2) is 13.1 Å². The number of carbonyl (C=O) groups is 1. The second-order valence-electron chi connectivity index (χ2n) is 8.99. The molecule has 1 atom stereocenters. The van der Waals surface area contributed by atoms with E-state index in [-0.39, 0.29) is 30.4 Å². The molecule has 0 radical (unpaired) electrons. The van der Waals surface area contributed by atoms with Crippen LogP contribution in [0.2, 0.25) is 0 Å². The molecule has 0 amide bonds. The highest BCUT2D eigenvalue weighted by atomic mass is 32.2. The number of ketones is 1. The Labute approximate surface area is 204 Å². The van der Waals surface area contributed by atoms with E-state index in [4.69, 9.17) is 9.47 Å². The molecule has 2 heterocycles. The van der Waals surface area contributed by atoms with Crippen molar-refractivity contribution in [3.63, 3.8) is 0 Å². The number of carbonyl (C=O) groups excluding carboxylic acids is 1. The summed E-state index contributed by atoms with van der Waals surface area (Å²) in [5, 5.41) is 9.33. The van der Waals surface area contributed by atoms with Gasteiger partial charge in [0.05, 0.1) is 22.1 Å². The summed E-state index contributed by atoms with van der Waals surface area (Å²) in [6.45, 7) is 1.65. The first-order chi connectivity index (χ1) is 16.8. The smallest absolute Gasteiger partial charge is 0.240 e. The average Bonchev–Trinajstić information content (AvgIpc) is 3.54. The number of aliphatic hydroxyl groups is 1. The highest BCUT2D eigenvalue weighted by Gasteiger charge is 2.51. The first-order valence-corrected chi connectivity index (χ1v) is 12.9. The quantitative estimate of drug-likeness (QED) is 0.470. The van der Waals surface area contributed by atoms with Crippen LogP contribution in [0.3, 0.4) is 0 Å². The number of nitrogens with zero attached hydrogens (tertiary/aromatic N) is 1. The highest BCUT2D eigenvalue weighted by Crippen LogP contribution is 2.51. The summed E-state index contributed by atoms with van der Waals surface area (Å²) in [7, 11) is -3.71. The largest absolute Gasteiger partial charge is 0.454 e. The van der Waals surface area contributed by atoms with Crippen LogP contribution in [0.1, 0.15) is 31.0 Å². The molecule has 0 bridgehead atoms. The Kier molecular flexibility index (Phi) is 6.08. The van der Waals surface area contributed by atoms with E-state index in [1.54, 1.807) is 12.1 Å². The molecular formula is C26H26N2O6S. The van der Waals surface area contributed by atoms with Crippen LogP contribution in [0.25, 0.3) is 11.3 Å². The van der Waals surface area contributed by atoms with Crippen molar-refractivity contribution >= 4 is 15.8 Å². The number of sulfonamides is 1. The molecule has 35 heavy (non-hydrogen) atoms. The monoisotopic (exact) mass is 494 g/mol. The number of hydrogen-bond acceptors (Lipinski definition) is 7. The maximum absolute atomic E-state index is 13.3. The topological polar surface area (TPSA) is 115 Å². The third-order valence-electron chi connectivity index (χ3n) is 6.39. The highest BCUT2D eigenvalue weighted by molar-refractivity contribution is 7.89. The van der Waals surface area contributed by atoms with Crippen LogP contribution in [0.5, 0.6) is 11.5 Å². The fourth-order valence-corrected chi connectivity index (χ4v) is 5.36. The molecule has 3 aromatic rings. The van der Waals surface area contributed by atoms with Gasteiger partial charge in [0.15, 0.2) is 11.5 Å². The lowest BCUT2D eigenvalue weighted by molar-refractivity contribution is -0.120. The van der Waals surface area contributed by atoms with Gasteiger partial charge in [0.1, 0.15) is 5.78 Å². The van der Waals surface area contributed by atoms with Crippen LogP contribution in [0.4, 0.5) is 0 Å². The molecule has 9 heteroatoms. The van der Waals surface area contributed by atoms with E-state index in [2.05, 4.69) is 9.71 Å². The molecule has 5 rings (SSSR count). The summed E-state index contributed by atoms with van der Waals surface area (Å²) in [5.41, 5.74) is 2.50. The summed E-state index contributed by atoms with van der Waals surface area (Å²) in [4.78, 5) is 18.1. The predicted octanol–water partition coefficient (Wildman–Crippen LogP) is 2.98. The number of pyridine rings is 1. The molecule has 2 aromatic carbocycles. The lowest BCUT2D eigenvalue weighted by atomic mass is 9.88. The van der Waals surface area contributed by atoms with Gasteiger partial charge in [0.2, 0.25) is 16.8 Å². The van der Waals surface area contributed by atoms with E-state index in [0.717, 1.165) is 24.0 Å². The zero-order chi connectivity index (χ0) is 24.6. The first kappa shape index (κ1) is 23.5. The van der Waals surface area contributed by atoms with Gasteiger partial charge in [-0.05, 0) is 61.7 Å². The number of fused-ring (bicyclic) bond motifs is 1. The molecule has 0 saturated heterocycles. The molecule has 1 fully saturated rings. The Morgan fingerprint density at radius 3 is 2.54 bits per heavy atom. The molecule has 2 aliphatic rings. The van der Waals surface area contributed by atoms with Crippen molar-refractivity contribution in [3.05, 3.63) is 71.9 Å². The van der Waals surface area contributed by atoms with E-state index < -0.39 is 21.5 Å². The Balaban J connectivity index is 1.31. The lowest BCUT2D eigenvalue weighted by Crippen LogP contribution is -2.30. The molecule has 1 aliphatic heterocycles. The summed E-state index contributed by atoms with van der Waals surface area (Å²) in [6.07, 6.45) is 1.02. The van der Waals surface area contributed by atoms with Crippen molar-refractivity contribution in [1.82, 2.24) is 9.71 Å². The maximum atomic E-state index is 13.3. The minimum atomic E-state index is -3.71. The van der Waals surface area contributed by atoms with Crippen LogP contribution in [0, 0.1) is 0 Å². The van der Waals surface area contributed by atoms with Gasteiger partial charge in [-0.1, -0.05) is 24.3 Å². The van der Waals surface area contributed by atoms with E-state index in [1.165, 1.54) is 19.1 Å². The average molecular weight is 495 g/mol. The molecule has 1 aliphatic carbocycles. The van der Waals surface area contributed by atoms with Gasteiger partial charge in [0, 0.05) is 24.2 Å². The number of ether oxygens (including phenoxy) is 2. The number of Topliss-reactive ketones (excluding diaryl/α,β-unsaturated/α-hetero) is 1. The van der Waals surface area contributed by atoms with E-state index >= 15 is 0 Å². The van der Waals surface area contributed by atoms with Gasteiger partial charge in [-0.15, -0.1) is 0 Å². The van der Waals surface area contributed by atoms with Crippen molar-refractivity contribution in [2.45, 2.75) is 42.6 Å². The minimum absolute atomic E-state index is 0.0601. The molecule has 8 nitrogen and oxygen atoms in total. The van der Waals surface area contributed by atoms with Gasteiger partial charge in [0.25, 0.3) is 0 Å². The number of rotatable bonds is 9. The van der Waals surface area contributed by atoms with Crippen LogP contribution >= 0.6 is 0 Å². The third kappa shape index (κ3) is 4.80. The zero-order valence-corrected chi connectivity index (χ0v) is 20.0. The van der Waals surface area contributed by atoms with Gasteiger partial charge in [-0.3, -0.25) is 9.78 Å². The predicted molar refractivity (Wildman–Crippen MR) is 129 cm³/mol. The Morgan fingerprint density at radius 1 is 1.09 bits per heavy atom. The maximum Gasteiger partial charge on any atom is 0.240 e. The normalized spacial score (nSPS) is 16.6. The second kappa shape index (κ2) is 9.07. The molecular weight excluding hydrogens is 468 g/mol. The molecule has 0 spiro atoms. The number of hydrogen-bond donors (Lipinski definition) is 2. The molecule has 182 valence electrons. The molecule has 1 saturated carbocycles. The second-order valence-corrected chi connectivity index (χ2v) is 10.8. The number of aliphatic hydroxyl groups excluding tert-OH is 1. The summed E-state index contributed by atoms with van der Waals surface area (Å²) < 4.78 is 37.9. The zero-order valence-electron chi connectivity index (χ0n) is 19.2. The van der Waals surface area contributed by atoms with E-state index in [1.807, 2.05) is 36.4 Å². The number of aromatic nitrogens is 1. The summed E-state index contributed by atoms with van der Waals surface area (Å²) in [6, 6.07) is 17.6. The van der Waals surface area contributed by atoms with Crippen LogP contribution in [0.15, 0.2) is 65.6 Å². The Bertz CT molecular complexity index is 1360. The SMILES string of the molecule is C[C@@H](O)CNS(=O)(=O)c1ccc(-c2cccc(CC(=O)C3(c4ccc5c(c4)OCO5)CC3)n2)cc1. The third-order valence-corrected chi connectivity index (χ3v) is 7.83. The first-order valence-electron chi connectivity index (χ1n) is 11.4. The summed E-state index contributed by atoms with van der Waals surface area (Å²) in [5.74, 6) is 1.49. The van der Waals surface area contributed by atoms with Crippen LogP contribution in [-0.2, 0) is 26.7 Å². The van der Waals surface area contributed by atoms with Gasteiger partial charge >= 0.3 is 0 Å². The van der Waals surface area contributed by atoms with Crippen LogP contribution in [-0.4, -0.2) is 43.7 Å². The van der Waals surface area contributed by atoms with Gasteiger partial charge < -0.3 is 14.6 Å². The number of nitrogens with one attached hydrogen (secondary N) is 1.